The number of aliphatic hydroxyl groups is 1. The molecule has 0 radical (unpaired) electrons. The zero-order valence-electron chi connectivity index (χ0n) is 9.95. The van der Waals surface area contributed by atoms with Crippen molar-refractivity contribution in [3.63, 3.8) is 0 Å². The highest BCUT2D eigenvalue weighted by Gasteiger charge is 2.06. The molecule has 0 aromatic heterocycles. The quantitative estimate of drug-likeness (QED) is 0.555. The van der Waals surface area contributed by atoms with E-state index >= 15 is 0 Å². The molecule has 0 saturated heterocycles. The normalized spacial score (nSPS) is 13.9. The highest BCUT2D eigenvalue weighted by molar-refractivity contribution is 4.63. The molecule has 0 bridgehead atoms. The number of aliphatic hydroxyl groups excluding tert-OH is 1. The van der Waals surface area contributed by atoms with E-state index in [1.807, 2.05) is 7.05 Å². The molecule has 0 heterocycles. The molecule has 2 N–H and O–H groups in total. The van der Waals surface area contributed by atoms with Crippen LogP contribution in [0.2, 0.25) is 0 Å². The standard InChI is InChI=1S/C10H25N3O/c1-11-8-10(14)9-13(4)7-5-6-12(2)3/h10-11,14H,5-9H2,1-4H3. The Morgan fingerprint density at radius 1 is 1.21 bits per heavy atom. The van der Waals surface area contributed by atoms with E-state index in [9.17, 15) is 5.11 Å². The molecule has 0 rings (SSSR count). The Kier molecular flexibility index (Phi) is 8.08. The van der Waals surface area contributed by atoms with E-state index in [1.165, 1.54) is 0 Å². The van der Waals surface area contributed by atoms with Crippen LogP contribution in [-0.4, -0.2) is 75.4 Å². The van der Waals surface area contributed by atoms with Crippen LogP contribution < -0.4 is 5.32 Å². The molecule has 4 heteroatoms. The number of hydrogen-bond donors (Lipinski definition) is 2. The first-order chi connectivity index (χ1) is 6.56. The topological polar surface area (TPSA) is 38.7 Å². The lowest BCUT2D eigenvalue weighted by atomic mass is 10.3. The number of rotatable bonds is 8. The predicted molar refractivity (Wildman–Crippen MR) is 60.6 cm³/mol. The molecule has 0 aliphatic rings. The summed E-state index contributed by atoms with van der Waals surface area (Å²) in [5.41, 5.74) is 0. The zero-order valence-corrected chi connectivity index (χ0v) is 9.95. The van der Waals surface area contributed by atoms with Gasteiger partial charge in [-0.15, -0.1) is 0 Å². The molecule has 0 aliphatic heterocycles. The molecule has 0 aromatic carbocycles. The second-order valence-electron chi connectivity index (χ2n) is 4.13. The summed E-state index contributed by atoms with van der Waals surface area (Å²) in [5.74, 6) is 0. The van der Waals surface area contributed by atoms with Gasteiger partial charge in [-0.2, -0.15) is 0 Å². The summed E-state index contributed by atoms with van der Waals surface area (Å²) in [5, 5.41) is 12.5. The summed E-state index contributed by atoms with van der Waals surface area (Å²) in [6.07, 6.45) is 0.889. The van der Waals surface area contributed by atoms with Gasteiger partial charge in [-0.1, -0.05) is 0 Å². The fraction of sp³-hybridized carbons (Fsp3) is 1.00. The van der Waals surface area contributed by atoms with Crippen molar-refractivity contribution < 1.29 is 5.11 Å². The summed E-state index contributed by atoms with van der Waals surface area (Å²) in [7, 11) is 8.06. The van der Waals surface area contributed by atoms with Crippen molar-refractivity contribution in [2.75, 3.05) is 54.4 Å². The number of likely N-dealkylation sites (N-methyl/N-ethyl adjacent to an activating group) is 2. The lowest BCUT2D eigenvalue weighted by Crippen LogP contribution is -2.36. The van der Waals surface area contributed by atoms with Crippen LogP contribution in [-0.2, 0) is 0 Å². The monoisotopic (exact) mass is 203 g/mol. The first-order valence-electron chi connectivity index (χ1n) is 5.22. The van der Waals surface area contributed by atoms with E-state index in [0.29, 0.717) is 6.54 Å². The van der Waals surface area contributed by atoms with E-state index in [1.54, 1.807) is 0 Å². The maximum absolute atomic E-state index is 9.51. The fourth-order valence-electron chi connectivity index (χ4n) is 1.41. The average molecular weight is 203 g/mol. The molecular formula is C10H25N3O. The Labute approximate surface area is 87.9 Å². The Morgan fingerprint density at radius 3 is 2.36 bits per heavy atom. The van der Waals surface area contributed by atoms with Crippen LogP contribution in [0.15, 0.2) is 0 Å². The van der Waals surface area contributed by atoms with Gasteiger partial charge in [-0.3, -0.25) is 0 Å². The maximum Gasteiger partial charge on any atom is 0.0791 e. The Hall–Kier alpha value is -0.160. The van der Waals surface area contributed by atoms with Crippen molar-refractivity contribution in [1.29, 1.82) is 0 Å². The van der Waals surface area contributed by atoms with Crippen LogP contribution in [0, 0.1) is 0 Å². The third-order valence-electron chi connectivity index (χ3n) is 2.11. The third-order valence-corrected chi connectivity index (χ3v) is 2.11. The summed E-state index contributed by atoms with van der Waals surface area (Å²) in [6.45, 7) is 3.55. The van der Waals surface area contributed by atoms with E-state index in [-0.39, 0.29) is 6.10 Å². The molecule has 0 spiro atoms. The molecule has 0 aromatic rings. The molecule has 1 unspecified atom stereocenters. The zero-order chi connectivity index (χ0) is 11.0. The average Bonchev–Trinajstić information content (AvgIpc) is 2.03. The van der Waals surface area contributed by atoms with Gasteiger partial charge in [0.2, 0.25) is 0 Å². The minimum atomic E-state index is -0.260. The van der Waals surface area contributed by atoms with Gasteiger partial charge in [-0.25, -0.2) is 0 Å². The van der Waals surface area contributed by atoms with E-state index in [0.717, 1.165) is 26.1 Å². The predicted octanol–water partition coefficient (Wildman–Crippen LogP) is -0.550. The van der Waals surface area contributed by atoms with Crippen molar-refractivity contribution in [2.45, 2.75) is 12.5 Å². The molecule has 0 fully saturated rings. The molecule has 0 amide bonds. The molecule has 1 atom stereocenters. The van der Waals surface area contributed by atoms with Crippen molar-refractivity contribution in [2.24, 2.45) is 0 Å². The minimum Gasteiger partial charge on any atom is -0.390 e. The lowest BCUT2D eigenvalue weighted by molar-refractivity contribution is 0.124. The second-order valence-corrected chi connectivity index (χ2v) is 4.13. The highest BCUT2D eigenvalue weighted by atomic mass is 16.3. The fourth-order valence-corrected chi connectivity index (χ4v) is 1.41. The molecule has 14 heavy (non-hydrogen) atoms. The number of hydrogen-bond acceptors (Lipinski definition) is 4. The van der Waals surface area contributed by atoms with Gasteiger partial charge < -0.3 is 20.2 Å². The van der Waals surface area contributed by atoms with Crippen LogP contribution in [0.1, 0.15) is 6.42 Å². The summed E-state index contributed by atoms with van der Waals surface area (Å²) in [6, 6.07) is 0. The number of nitrogens with zero attached hydrogens (tertiary/aromatic N) is 2. The van der Waals surface area contributed by atoms with Crippen molar-refractivity contribution in [3.05, 3.63) is 0 Å². The van der Waals surface area contributed by atoms with Crippen molar-refractivity contribution in [1.82, 2.24) is 15.1 Å². The van der Waals surface area contributed by atoms with Crippen molar-refractivity contribution >= 4 is 0 Å². The van der Waals surface area contributed by atoms with E-state index < -0.39 is 0 Å². The van der Waals surface area contributed by atoms with Gasteiger partial charge in [0.25, 0.3) is 0 Å². The van der Waals surface area contributed by atoms with Crippen LogP contribution in [0.3, 0.4) is 0 Å². The van der Waals surface area contributed by atoms with Crippen LogP contribution in [0.4, 0.5) is 0 Å². The van der Waals surface area contributed by atoms with Crippen molar-refractivity contribution in [3.8, 4) is 0 Å². The molecule has 4 nitrogen and oxygen atoms in total. The Balaban J connectivity index is 3.39. The van der Waals surface area contributed by atoms with Gasteiger partial charge in [0.15, 0.2) is 0 Å². The maximum atomic E-state index is 9.51. The molecular weight excluding hydrogens is 178 g/mol. The highest BCUT2D eigenvalue weighted by Crippen LogP contribution is 1.92. The van der Waals surface area contributed by atoms with Gasteiger partial charge in [0.1, 0.15) is 0 Å². The van der Waals surface area contributed by atoms with Gasteiger partial charge in [-0.05, 0) is 47.7 Å². The SMILES string of the molecule is CNCC(O)CN(C)CCCN(C)C. The smallest absolute Gasteiger partial charge is 0.0791 e. The minimum absolute atomic E-state index is 0.260. The Morgan fingerprint density at radius 2 is 1.86 bits per heavy atom. The van der Waals surface area contributed by atoms with Crippen LogP contribution in [0.25, 0.3) is 0 Å². The number of nitrogens with one attached hydrogen (secondary N) is 1. The van der Waals surface area contributed by atoms with Gasteiger partial charge in [0.05, 0.1) is 6.10 Å². The second kappa shape index (κ2) is 8.17. The van der Waals surface area contributed by atoms with Crippen LogP contribution >= 0.6 is 0 Å². The summed E-state index contributed by atoms with van der Waals surface area (Å²) < 4.78 is 0. The summed E-state index contributed by atoms with van der Waals surface area (Å²) >= 11 is 0. The molecule has 0 aliphatic carbocycles. The van der Waals surface area contributed by atoms with Gasteiger partial charge in [0, 0.05) is 13.1 Å². The Bertz CT molecular complexity index is 131. The lowest BCUT2D eigenvalue weighted by Gasteiger charge is -2.21. The first kappa shape index (κ1) is 13.8. The third kappa shape index (κ3) is 8.44. The summed E-state index contributed by atoms with van der Waals surface area (Å²) in [4.78, 5) is 4.35. The molecule has 0 saturated carbocycles. The van der Waals surface area contributed by atoms with E-state index in [2.05, 4.69) is 36.3 Å². The first-order valence-corrected chi connectivity index (χ1v) is 5.22. The van der Waals surface area contributed by atoms with Crippen LogP contribution in [0.5, 0.6) is 0 Å². The largest absolute Gasteiger partial charge is 0.390 e. The molecule has 86 valence electrons. The van der Waals surface area contributed by atoms with Gasteiger partial charge >= 0.3 is 0 Å². The van der Waals surface area contributed by atoms with E-state index in [4.69, 9.17) is 0 Å².